The summed E-state index contributed by atoms with van der Waals surface area (Å²) in [5.74, 6) is 0. The summed E-state index contributed by atoms with van der Waals surface area (Å²) in [7, 11) is 0. The molecular weight excluding hydrogens is 322 g/mol. The number of pyridine rings is 1. The number of aromatic nitrogens is 3. The van der Waals surface area contributed by atoms with Crippen molar-refractivity contribution in [3.63, 3.8) is 0 Å². The summed E-state index contributed by atoms with van der Waals surface area (Å²) in [6, 6.07) is 20.1. The van der Waals surface area contributed by atoms with E-state index in [1.54, 1.807) is 6.20 Å². The molecule has 2 aromatic heterocycles. The summed E-state index contributed by atoms with van der Waals surface area (Å²) >= 11 is 0. The number of nitriles is 1. The average molecular weight is 339 g/mol. The van der Waals surface area contributed by atoms with Crippen LogP contribution in [0.5, 0.6) is 0 Å². The van der Waals surface area contributed by atoms with Crippen LogP contribution in [0.25, 0.3) is 16.6 Å². The van der Waals surface area contributed by atoms with Gasteiger partial charge in [-0.25, -0.2) is 4.68 Å². The maximum Gasteiger partial charge on any atom is 0.103 e. The highest BCUT2D eigenvalue weighted by Gasteiger charge is 2.10. The van der Waals surface area contributed by atoms with Crippen LogP contribution in [-0.4, -0.2) is 14.8 Å². The summed E-state index contributed by atoms with van der Waals surface area (Å²) in [6.07, 6.45) is 3.57. The molecule has 0 aliphatic rings. The summed E-state index contributed by atoms with van der Waals surface area (Å²) in [5, 5.41) is 18.4. The van der Waals surface area contributed by atoms with Gasteiger partial charge in [-0.2, -0.15) is 10.4 Å². The van der Waals surface area contributed by atoms with Crippen LogP contribution in [0.15, 0.2) is 67.0 Å². The fourth-order valence-corrected chi connectivity index (χ4v) is 3.03. The third kappa shape index (κ3) is 2.89. The molecule has 4 rings (SSSR count). The lowest BCUT2D eigenvalue weighted by molar-refractivity contribution is 0.848. The zero-order chi connectivity index (χ0) is 17.9. The van der Waals surface area contributed by atoms with Crippen molar-refractivity contribution in [3.8, 4) is 11.8 Å². The minimum atomic E-state index is 0.538. The number of anilines is 1. The first kappa shape index (κ1) is 15.9. The number of nitrogens with zero attached hydrogens (tertiary/aromatic N) is 4. The monoisotopic (exact) mass is 339 g/mol. The Labute approximate surface area is 151 Å². The molecule has 0 spiro atoms. The van der Waals surface area contributed by atoms with Gasteiger partial charge in [0.2, 0.25) is 0 Å². The van der Waals surface area contributed by atoms with Gasteiger partial charge in [-0.15, -0.1) is 0 Å². The Morgan fingerprint density at radius 1 is 1.08 bits per heavy atom. The number of fused-ring (bicyclic) bond motifs is 1. The first-order valence-electron chi connectivity index (χ1n) is 8.38. The number of hydrogen-bond donors (Lipinski definition) is 1. The third-order valence-corrected chi connectivity index (χ3v) is 4.31. The molecule has 0 bridgehead atoms. The van der Waals surface area contributed by atoms with Crippen molar-refractivity contribution < 1.29 is 0 Å². The van der Waals surface area contributed by atoms with Gasteiger partial charge in [-0.1, -0.05) is 36.4 Å². The fourth-order valence-electron chi connectivity index (χ4n) is 3.03. The van der Waals surface area contributed by atoms with E-state index in [0.717, 1.165) is 33.5 Å². The number of rotatable bonds is 4. The van der Waals surface area contributed by atoms with Gasteiger partial charge >= 0.3 is 0 Å². The van der Waals surface area contributed by atoms with E-state index in [0.29, 0.717) is 12.1 Å². The number of benzene rings is 2. The molecule has 0 fully saturated rings. The van der Waals surface area contributed by atoms with Crippen molar-refractivity contribution in [2.24, 2.45) is 0 Å². The van der Waals surface area contributed by atoms with Gasteiger partial charge in [-0.05, 0) is 30.7 Å². The average Bonchev–Trinajstić information content (AvgIpc) is 3.12. The van der Waals surface area contributed by atoms with Crippen LogP contribution < -0.4 is 5.32 Å². The number of nitrogens with one attached hydrogen (secondary N) is 1. The van der Waals surface area contributed by atoms with Crippen LogP contribution in [0.3, 0.4) is 0 Å². The Bertz CT molecular complexity index is 1120. The molecule has 0 saturated carbocycles. The quantitative estimate of drug-likeness (QED) is 0.605. The van der Waals surface area contributed by atoms with Crippen LogP contribution in [0.1, 0.15) is 16.8 Å². The van der Waals surface area contributed by atoms with Crippen LogP contribution in [0.2, 0.25) is 0 Å². The molecule has 2 heterocycles. The minimum absolute atomic E-state index is 0.538. The predicted octanol–water partition coefficient (Wildman–Crippen LogP) is 4.21. The highest BCUT2D eigenvalue weighted by Crippen LogP contribution is 2.26. The van der Waals surface area contributed by atoms with Gasteiger partial charge in [0.25, 0.3) is 0 Å². The molecule has 0 radical (unpaired) electrons. The van der Waals surface area contributed by atoms with E-state index < -0.39 is 0 Å². The van der Waals surface area contributed by atoms with Crippen molar-refractivity contribution in [1.29, 1.82) is 5.26 Å². The highest BCUT2D eigenvalue weighted by atomic mass is 15.3. The van der Waals surface area contributed by atoms with E-state index in [9.17, 15) is 5.26 Å². The molecule has 0 aliphatic carbocycles. The minimum Gasteiger partial charge on any atom is -0.379 e. The van der Waals surface area contributed by atoms with Gasteiger partial charge < -0.3 is 5.32 Å². The third-order valence-electron chi connectivity index (χ3n) is 4.31. The second-order valence-corrected chi connectivity index (χ2v) is 6.06. The topological polar surface area (TPSA) is 66.5 Å². The summed E-state index contributed by atoms with van der Waals surface area (Å²) in [6.45, 7) is 2.55. The van der Waals surface area contributed by atoms with E-state index in [1.165, 1.54) is 0 Å². The van der Waals surface area contributed by atoms with Gasteiger partial charge in [-0.3, -0.25) is 4.98 Å². The Kier molecular flexibility index (Phi) is 4.08. The van der Waals surface area contributed by atoms with Crippen molar-refractivity contribution in [1.82, 2.24) is 14.8 Å². The van der Waals surface area contributed by atoms with Gasteiger partial charge in [0, 0.05) is 24.3 Å². The lowest BCUT2D eigenvalue weighted by Gasteiger charge is -2.14. The van der Waals surface area contributed by atoms with Gasteiger partial charge in [0.05, 0.1) is 28.1 Å². The van der Waals surface area contributed by atoms with Crippen molar-refractivity contribution in [2.75, 3.05) is 5.32 Å². The molecule has 0 atom stereocenters. The van der Waals surface area contributed by atoms with E-state index in [2.05, 4.69) is 27.5 Å². The Morgan fingerprint density at radius 2 is 1.88 bits per heavy atom. The maximum absolute atomic E-state index is 9.47. The van der Waals surface area contributed by atoms with Crippen molar-refractivity contribution in [2.45, 2.75) is 13.5 Å². The molecule has 0 amide bonds. The van der Waals surface area contributed by atoms with Gasteiger partial charge in [0.1, 0.15) is 6.07 Å². The Morgan fingerprint density at radius 3 is 2.69 bits per heavy atom. The molecular formula is C21H17N5. The van der Waals surface area contributed by atoms with Crippen molar-refractivity contribution >= 4 is 16.6 Å². The van der Waals surface area contributed by atoms with E-state index in [-0.39, 0.29) is 0 Å². The Balaban J connectivity index is 1.71. The predicted molar refractivity (Wildman–Crippen MR) is 102 cm³/mol. The SMILES string of the molecule is Cc1ccn(-c2ccccc2CNc2c(C#N)cnc3ccccc23)n1. The molecule has 26 heavy (non-hydrogen) atoms. The van der Waals surface area contributed by atoms with E-state index in [1.807, 2.05) is 66.3 Å². The van der Waals surface area contributed by atoms with E-state index >= 15 is 0 Å². The zero-order valence-corrected chi connectivity index (χ0v) is 14.3. The zero-order valence-electron chi connectivity index (χ0n) is 14.3. The molecule has 2 aromatic carbocycles. The molecule has 0 unspecified atom stereocenters. The molecule has 4 aromatic rings. The highest BCUT2D eigenvalue weighted by molar-refractivity contribution is 5.93. The maximum atomic E-state index is 9.47. The molecule has 1 N–H and O–H groups in total. The van der Waals surface area contributed by atoms with Crippen LogP contribution in [-0.2, 0) is 6.54 Å². The largest absolute Gasteiger partial charge is 0.379 e. The lowest BCUT2D eigenvalue weighted by atomic mass is 10.1. The van der Waals surface area contributed by atoms with Crippen LogP contribution >= 0.6 is 0 Å². The number of hydrogen-bond acceptors (Lipinski definition) is 4. The second kappa shape index (κ2) is 6.69. The number of aryl methyl sites for hydroxylation is 1. The van der Waals surface area contributed by atoms with E-state index in [4.69, 9.17) is 0 Å². The Hall–Kier alpha value is -3.65. The van der Waals surface area contributed by atoms with Crippen LogP contribution in [0.4, 0.5) is 5.69 Å². The van der Waals surface area contributed by atoms with Gasteiger partial charge in [0.15, 0.2) is 0 Å². The fraction of sp³-hybridized carbons (Fsp3) is 0.0952. The molecule has 0 aliphatic heterocycles. The summed E-state index contributed by atoms with van der Waals surface area (Å²) < 4.78 is 1.88. The lowest BCUT2D eigenvalue weighted by Crippen LogP contribution is -2.07. The second-order valence-electron chi connectivity index (χ2n) is 6.06. The first-order chi connectivity index (χ1) is 12.8. The molecule has 5 heteroatoms. The van der Waals surface area contributed by atoms with Crippen LogP contribution in [0, 0.1) is 18.3 Å². The summed E-state index contributed by atoms with van der Waals surface area (Å²) in [4.78, 5) is 4.36. The summed E-state index contributed by atoms with van der Waals surface area (Å²) in [5.41, 5.74) is 5.30. The first-order valence-corrected chi connectivity index (χ1v) is 8.38. The standard InChI is InChI=1S/C21H17N5/c1-15-10-11-26(25-15)20-9-5-2-6-16(20)13-24-21-17(12-22)14-23-19-8-4-3-7-18(19)21/h2-11,14H,13H2,1H3,(H,23,24). The number of para-hydroxylation sites is 2. The normalized spacial score (nSPS) is 10.6. The smallest absolute Gasteiger partial charge is 0.103 e. The molecule has 5 nitrogen and oxygen atoms in total. The molecule has 0 saturated heterocycles. The molecule has 126 valence electrons. The van der Waals surface area contributed by atoms with Crippen molar-refractivity contribution in [3.05, 3.63) is 83.8 Å².